The number of hydrogen-bond donors (Lipinski definition) is 2. The number of anilines is 2. The number of nitrogen functional groups attached to an aromatic ring is 1. The van der Waals surface area contributed by atoms with Crippen LogP contribution in [-0.2, 0) is 0 Å². The molecule has 0 unspecified atom stereocenters. The molecule has 0 bridgehead atoms. The number of nitrogens with two attached hydrogens (primary N) is 1. The van der Waals surface area contributed by atoms with Crippen LogP contribution in [0.5, 0.6) is 0 Å². The first-order chi connectivity index (χ1) is 6.75. The van der Waals surface area contributed by atoms with E-state index in [9.17, 15) is 4.79 Å². The Morgan fingerprint density at radius 3 is 2.93 bits per heavy atom. The van der Waals surface area contributed by atoms with Crippen LogP contribution in [0, 0.1) is 0 Å². The maximum atomic E-state index is 11.5. The summed E-state index contributed by atoms with van der Waals surface area (Å²) in [5.74, 6) is -0.280. The molecule has 0 spiro atoms. The second-order valence-corrected chi connectivity index (χ2v) is 4.20. The van der Waals surface area contributed by atoms with E-state index in [1.807, 2.05) is 16.8 Å². The summed E-state index contributed by atoms with van der Waals surface area (Å²) < 4.78 is 0. The van der Waals surface area contributed by atoms with Crippen LogP contribution < -0.4 is 11.1 Å². The van der Waals surface area contributed by atoms with E-state index in [2.05, 4.69) is 15.5 Å². The minimum atomic E-state index is -0.280. The van der Waals surface area contributed by atoms with Gasteiger partial charge in [0.1, 0.15) is 0 Å². The third kappa shape index (κ3) is 1.88. The highest BCUT2D eigenvalue weighted by atomic mass is 32.1. The summed E-state index contributed by atoms with van der Waals surface area (Å²) in [6.07, 6.45) is 0. The van der Waals surface area contributed by atoms with Crippen LogP contribution in [0.2, 0.25) is 0 Å². The average Bonchev–Trinajstić information content (AvgIpc) is 2.75. The molecule has 0 radical (unpaired) electrons. The van der Waals surface area contributed by atoms with Gasteiger partial charge in [-0.25, -0.2) is 0 Å². The highest BCUT2D eigenvalue weighted by molar-refractivity contribution is 7.17. The maximum absolute atomic E-state index is 11.5. The largest absolute Gasteiger partial charge is 0.374 e. The van der Waals surface area contributed by atoms with Gasteiger partial charge in [-0.1, -0.05) is 11.3 Å². The van der Waals surface area contributed by atoms with Crippen LogP contribution in [0.3, 0.4) is 0 Å². The Morgan fingerprint density at radius 2 is 2.36 bits per heavy atom. The first-order valence-electron chi connectivity index (χ1n) is 3.68. The topological polar surface area (TPSA) is 80.9 Å². The summed E-state index contributed by atoms with van der Waals surface area (Å²) in [7, 11) is 0. The lowest BCUT2D eigenvalue weighted by Gasteiger charge is -1.96. The van der Waals surface area contributed by atoms with Crippen molar-refractivity contribution in [2.75, 3.05) is 11.1 Å². The Labute approximate surface area is 87.6 Å². The van der Waals surface area contributed by atoms with E-state index in [0.717, 1.165) is 17.0 Å². The van der Waals surface area contributed by atoms with Crippen molar-refractivity contribution in [2.24, 2.45) is 0 Å². The first-order valence-corrected chi connectivity index (χ1v) is 5.44. The second-order valence-electron chi connectivity index (χ2n) is 2.41. The summed E-state index contributed by atoms with van der Waals surface area (Å²) >= 11 is 2.57. The molecule has 0 atom stereocenters. The fourth-order valence-electron chi connectivity index (χ4n) is 0.846. The molecule has 0 aliphatic rings. The summed E-state index contributed by atoms with van der Waals surface area (Å²) in [6.45, 7) is 0. The van der Waals surface area contributed by atoms with E-state index < -0.39 is 0 Å². The molecule has 2 heterocycles. The molecule has 5 nitrogen and oxygen atoms in total. The zero-order chi connectivity index (χ0) is 9.97. The maximum Gasteiger partial charge on any atom is 0.286 e. The molecule has 0 saturated carbocycles. The smallest absolute Gasteiger partial charge is 0.286 e. The number of carbonyl (C=O) groups excluding carboxylic acids is 1. The molecular formula is C7H6N4OS2. The van der Waals surface area contributed by atoms with Gasteiger partial charge in [0.2, 0.25) is 10.1 Å². The normalized spacial score (nSPS) is 10.0. The van der Waals surface area contributed by atoms with Crippen LogP contribution in [0.4, 0.5) is 10.8 Å². The van der Waals surface area contributed by atoms with Gasteiger partial charge < -0.3 is 11.1 Å². The number of hydrogen-bond acceptors (Lipinski definition) is 6. The van der Waals surface area contributed by atoms with Gasteiger partial charge >= 0.3 is 0 Å². The molecule has 14 heavy (non-hydrogen) atoms. The monoisotopic (exact) mass is 226 g/mol. The zero-order valence-electron chi connectivity index (χ0n) is 6.93. The Balaban J connectivity index is 2.10. The highest BCUT2D eigenvalue weighted by Crippen LogP contribution is 2.16. The molecule has 3 N–H and O–H groups in total. The first kappa shape index (κ1) is 9.10. The molecule has 2 aromatic rings. The summed E-state index contributed by atoms with van der Waals surface area (Å²) in [6, 6.07) is 1.81. The fourth-order valence-corrected chi connectivity index (χ4v) is 1.94. The van der Waals surface area contributed by atoms with Crippen LogP contribution in [0.1, 0.15) is 9.80 Å². The second kappa shape index (κ2) is 3.72. The lowest BCUT2D eigenvalue weighted by molar-refractivity contribution is 0.102. The molecular weight excluding hydrogens is 220 g/mol. The summed E-state index contributed by atoms with van der Waals surface area (Å²) in [5.41, 5.74) is 6.11. The van der Waals surface area contributed by atoms with Crippen molar-refractivity contribution in [3.63, 3.8) is 0 Å². The van der Waals surface area contributed by atoms with Gasteiger partial charge in [0.25, 0.3) is 5.91 Å². The van der Waals surface area contributed by atoms with Gasteiger partial charge in [-0.3, -0.25) is 4.79 Å². The van der Waals surface area contributed by atoms with E-state index in [1.165, 1.54) is 11.3 Å². The number of rotatable bonds is 2. The van der Waals surface area contributed by atoms with E-state index in [1.54, 1.807) is 0 Å². The quantitative estimate of drug-likeness (QED) is 0.811. The van der Waals surface area contributed by atoms with Gasteiger partial charge in [0.15, 0.2) is 0 Å². The van der Waals surface area contributed by atoms with Crippen molar-refractivity contribution in [1.29, 1.82) is 0 Å². The third-order valence-corrected chi connectivity index (χ3v) is 2.85. The van der Waals surface area contributed by atoms with Gasteiger partial charge in [0, 0.05) is 5.38 Å². The number of thiophene rings is 1. The molecule has 72 valence electrons. The predicted octanol–water partition coefficient (Wildman–Crippen LogP) is 1.43. The van der Waals surface area contributed by atoms with Crippen LogP contribution in [0.15, 0.2) is 16.8 Å². The van der Waals surface area contributed by atoms with Crippen LogP contribution >= 0.6 is 22.7 Å². The molecule has 0 aliphatic heterocycles. The SMILES string of the molecule is Nc1nnc(C(=O)Nc2ccsc2)s1. The number of carbonyl (C=O) groups is 1. The zero-order valence-corrected chi connectivity index (χ0v) is 8.56. The van der Waals surface area contributed by atoms with Crippen molar-refractivity contribution in [1.82, 2.24) is 10.2 Å². The van der Waals surface area contributed by atoms with E-state index in [-0.39, 0.29) is 10.9 Å². The van der Waals surface area contributed by atoms with E-state index in [4.69, 9.17) is 5.73 Å². The molecule has 0 fully saturated rings. The number of amides is 1. The van der Waals surface area contributed by atoms with Crippen LogP contribution in [0.25, 0.3) is 0 Å². The van der Waals surface area contributed by atoms with Crippen molar-refractivity contribution in [3.05, 3.63) is 21.8 Å². The molecule has 2 rings (SSSR count). The van der Waals surface area contributed by atoms with Gasteiger partial charge in [-0.05, 0) is 11.4 Å². The molecule has 0 saturated heterocycles. The molecule has 0 aliphatic carbocycles. The van der Waals surface area contributed by atoms with Crippen LogP contribution in [-0.4, -0.2) is 16.1 Å². The summed E-state index contributed by atoms with van der Waals surface area (Å²) in [4.78, 5) is 11.5. The number of aromatic nitrogens is 2. The lowest BCUT2D eigenvalue weighted by atomic mass is 10.5. The predicted molar refractivity (Wildman–Crippen MR) is 56.6 cm³/mol. The van der Waals surface area contributed by atoms with Gasteiger partial charge in [0.05, 0.1) is 5.69 Å². The van der Waals surface area contributed by atoms with Crippen molar-refractivity contribution in [3.8, 4) is 0 Å². The Bertz CT molecular complexity index is 436. The molecule has 2 aromatic heterocycles. The van der Waals surface area contributed by atoms with Gasteiger partial charge in [-0.2, -0.15) is 11.3 Å². The highest BCUT2D eigenvalue weighted by Gasteiger charge is 2.11. The molecule has 7 heteroatoms. The molecule has 0 aromatic carbocycles. The minimum Gasteiger partial charge on any atom is -0.374 e. The number of nitrogens with zero attached hydrogens (tertiary/aromatic N) is 2. The average molecular weight is 226 g/mol. The standard InChI is InChI=1S/C7H6N4OS2/c8-7-11-10-6(14-7)5(12)9-4-1-2-13-3-4/h1-3H,(H2,8,11)(H,9,12). The fraction of sp³-hybridized carbons (Fsp3) is 0. The van der Waals surface area contributed by atoms with Crippen molar-refractivity contribution >= 4 is 39.4 Å². The number of nitrogens with one attached hydrogen (secondary N) is 1. The Morgan fingerprint density at radius 1 is 1.50 bits per heavy atom. The Hall–Kier alpha value is -1.47. The van der Waals surface area contributed by atoms with Gasteiger partial charge in [-0.15, -0.1) is 10.2 Å². The van der Waals surface area contributed by atoms with Crippen molar-refractivity contribution < 1.29 is 4.79 Å². The van der Waals surface area contributed by atoms with Crippen molar-refractivity contribution in [2.45, 2.75) is 0 Å². The minimum absolute atomic E-state index is 0.272. The van der Waals surface area contributed by atoms with E-state index >= 15 is 0 Å². The molecule has 1 amide bonds. The summed E-state index contributed by atoms with van der Waals surface area (Å²) in [5, 5.41) is 14.1. The van der Waals surface area contributed by atoms with E-state index in [0.29, 0.717) is 5.13 Å². The third-order valence-electron chi connectivity index (χ3n) is 1.41. The Kier molecular flexibility index (Phi) is 2.42. The lowest BCUT2D eigenvalue weighted by Crippen LogP contribution is -2.10.